The molecule has 0 aliphatic rings. The molecule has 0 aromatic carbocycles. The van der Waals surface area contributed by atoms with Crippen molar-refractivity contribution in [2.24, 2.45) is 0 Å². The topological polar surface area (TPSA) is 0 Å². The number of hydrogen-bond donors (Lipinski definition) is 0. The van der Waals surface area contributed by atoms with Gasteiger partial charge in [0.1, 0.15) is 0 Å². The first-order valence-corrected chi connectivity index (χ1v) is 10.2. The van der Waals surface area contributed by atoms with Crippen molar-refractivity contribution < 1.29 is 0 Å². The molecular weight excluding hydrogens is 343 g/mol. The Hall–Kier alpha value is 2.56. The Morgan fingerprint density at radius 1 is 1.00 bits per heavy atom. The predicted octanol–water partition coefficient (Wildman–Crippen LogP) is 1.31. The van der Waals surface area contributed by atoms with E-state index in [9.17, 15) is 0 Å². The summed E-state index contributed by atoms with van der Waals surface area (Å²) in [6.07, 6.45) is 0. The predicted molar refractivity (Wildman–Crippen MR) is 29.1 cm³/mol. The zero-order chi connectivity index (χ0) is 3.58. The van der Waals surface area contributed by atoms with Crippen LogP contribution in [0.3, 0.4) is 0 Å². The maximum atomic E-state index is 4.99. The van der Waals surface area contributed by atoms with Gasteiger partial charge in [-0.1, -0.05) is 0 Å². The largest absolute Gasteiger partial charge is 0 e. The van der Waals surface area contributed by atoms with Crippen molar-refractivity contribution in [1.82, 2.24) is 0 Å². The summed E-state index contributed by atoms with van der Waals surface area (Å²) in [7, 11) is 15.0. The molecule has 5 heavy (non-hydrogen) atoms. The summed E-state index contributed by atoms with van der Waals surface area (Å²) >= 11 is -2.03. The van der Waals surface area contributed by atoms with Gasteiger partial charge >= 0.3 is 43.3 Å². The molecule has 0 spiro atoms. The molecule has 0 aromatic heterocycles. The molecule has 29 valence electrons. The minimum Gasteiger partial charge on any atom is 0 e. The van der Waals surface area contributed by atoms with E-state index in [0.717, 1.165) is 0 Å². The van der Waals surface area contributed by atoms with E-state index in [1.165, 1.54) is 0 Å². The molecule has 0 aliphatic heterocycles. The first-order valence-electron chi connectivity index (χ1n) is 0.507. The van der Waals surface area contributed by atoms with Gasteiger partial charge in [-0.25, -0.2) is 0 Å². The Kier molecular flexibility index (Phi) is 13.8. The van der Waals surface area contributed by atoms with Crippen LogP contribution in [0, 0.1) is 0 Å². The summed E-state index contributed by atoms with van der Waals surface area (Å²) in [5.41, 5.74) is 0. The fourth-order valence-corrected chi connectivity index (χ4v) is 0. The molecule has 0 amide bonds. The van der Waals surface area contributed by atoms with Crippen LogP contribution in [-0.2, 0) is 0 Å². The molecule has 0 aromatic rings. The van der Waals surface area contributed by atoms with Gasteiger partial charge in [-0.3, -0.25) is 0 Å². The average molecular weight is 343 g/mol. The number of halogens is 3. The summed E-state index contributed by atoms with van der Waals surface area (Å²) in [5, 5.41) is 0. The van der Waals surface area contributed by atoms with Gasteiger partial charge in [-0.05, 0) is 0 Å². The van der Waals surface area contributed by atoms with Gasteiger partial charge in [0.15, 0.2) is 0 Å². The van der Waals surface area contributed by atoms with Crippen LogP contribution in [-0.4, -0.2) is 42.6 Å². The second-order valence-corrected chi connectivity index (χ2v) is 11.6. The molecule has 0 heterocycles. The minimum atomic E-state index is -2.03. The Morgan fingerprint density at radius 3 is 1.00 bits per heavy atom. The Labute approximate surface area is 67.9 Å². The number of rotatable bonds is 0. The van der Waals surface area contributed by atoms with E-state index in [-0.39, 0.29) is 25.8 Å². The van der Waals surface area contributed by atoms with Crippen molar-refractivity contribution >= 4 is 69.1 Å². The van der Waals surface area contributed by atoms with Crippen molar-refractivity contribution in [2.75, 3.05) is 0 Å². The third-order valence-electron chi connectivity index (χ3n) is 0. The summed E-state index contributed by atoms with van der Waals surface area (Å²) in [4.78, 5) is 0. The van der Waals surface area contributed by atoms with E-state index < -0.39 is 16.8 Å². The Morgan fingerprint density at radius 2 is 1.00 bits per heavy atom. The molecule has 0 saturated heterocycles. The van der Waals surface area contributed by atoms with Crippen LogP contribution in [0.15, 0.2) is 0 Å². The van der Waals surface area contributed by atoms with Crippen LogP contribution >= 0.6 is 26.5 Å². The molecule has 0 rings (SSSR count). The van der Waals surface area contributed by atoms with Crippen LogP contribution in [0.25, 0.3) is 0 Å². The molecular formula is Cl3InSb. The maximum absolute atomic E-state index is 4.99. The molecule has 0 saturated carbocycles. The van der Waals surface area contributed by atoms with Crippen molar-refractivity contribution in [3.63, 3.8) is 0 Å². The van der Waals surface area contributed by atoms with E-state index in [2.05, 4.69) is 0 Å². The maximum Gasteiger partial charge on any atom is 0 e. The second kappa shape index (κ2) is 6.56. The quantitative estimate of drug-likeness (QED) is 0.582. The van der Waals surface area contributed by atoms with Crippen LogP contribution in [0.2, 0.25) is 0 Å². The van der Waals surface area contributed by atoms with Gasteiger partial charge in [0.25, 0.3) is 0 Å². The van der Waals surface area contributed by atoms with Gasteiger partial charge in [0.05, 0.1) is 0 Å². The molecule has 0 unspecified atom stereocenters. The Bertz CT molecular complexity index is 11.6. The first kappa shape index (κ1) is 10.5. The summed E-state index contributed by atoms with van der Waals surface area (Å²) in [5.74, 6) is 0. The molecule has 3 radical (unpaired) electrons. The zero-order valence-corrected chi connectivity index (χ0v) is 10.3. The molecule has 0 N–H and O–H groups in total. The number of hydrogen-bond acceptors (Lipinski definition) is 0. The van der Waals surface area contributed by atoms with Crippen LogP contribution < -0.4 is 0 Å². The average Bonchev–Trinajstić information content (AvgIpc) is 0.811. The SMILES string of the molecule is [Cl][Sb]([Cl])[Cl].[In]. The van der Waals surface area contributed by atoms with Gasteiger partial charge in [-0.2, -0.15) is 0 Å². The van der Waals surface area contributed by atoms with E-state index in [0.29, 0.717) is 0 Å². The van der Waals surface area contributed by atoms with Crippen molar-refractivity contribution in [3.8, 4) is 0 Å². The van der Waals surface area contributed by atoms with E-state index in [1.54, 1.807) is 0 Å². The minimum absolute atomic E-state index is 0. The van der Waals surface area contributed by atoms with Gasteiger partial charge in [-0.15, -0.1) is 0 Å². The molecule has 5 heteroatoms. The Balaban J connectivity index is 0. The monoisotopic (exact) mass is 341 g/mol. The molecule has 0 bridgehead atoms. The van der Waals surface area contributed by atoms with Crippen LogP contribution in [0.5, 0.6) is 0 Å². The molecule has 0 atom stereocenters. The van der Waals surface area contributed by atoms with Gasteiger partial charge in [0, 0.05) is 25.8 Å². The van der Waals surface area contributed by atoms with Gasteiger partial charge < -0.3 is 0 Å². The van der Waals surface area contributed by atoms with Crippen LogP contribution in [0.1, 0.15) is 0 Å². The third kappa shape index (κ3) is 20.8. The van der Waals surface area contributed by atoms with Crippen LogP contribution in [0.4, 0.5) is 0 Å². The molecule has 0 fully saturated rings. The second-order valence-electron chi connectivity index (χ2n) is 0.192. The molecule has 0 nitrogen and oxygen atoms in total. The standard InChI is InChI=1S/3ClH.In.Sb/h3*1H;;/q;;;;+3/p-3. The van der Waals surface area contributed by atoms with Crippen molar-refractivity contribution in [2.45, 2.75) is 0 Å². The summed E-state index contributed by atoms with van der Waals surface area (Å²) in [6.45, 7) is 0. The fourth-order valence-electron chi connectivity index (χ4n) is 0. The molecule has 0 aliphatic carbocycles. The third-order valence-corrected chi connectivity index (χ3v) is 0. The first-order chi connectivity index (χ1) is 1.73. The van der Waals surface area contributed by atoms with E-state index >= 15 is 0 Å². The zero-order valence-electron chi connectivity index (χ0n) is 2.16. The summed E-state index contributed by atoms with van der Waals surface area (Å²) < 4.78 is 0. The smallest absolute Gasteiger partial charge is 0 e. The van der Waals surface area contributed by atoms with E-state index in [1.807, 2.05) is 0 Å². The summed E-state index contributed by atoms with van der Waals surface area (Å²) in [6, 6.07) is 0. The van der Waals surface area contributed by atoms with Crippen molar-refractivity contribution in [1.29, 1.82) is 0 Å². The fraction of sp³-hybridized carbons (Fsp3) is 0. The van der Waals surface area contributed by atoms with E-state index in [4.69, 9.17) is 26.5 Å². The van der Waals surface area contributed by atoms with Crippen molar-refractivity contribution in [3.05, 3.63) is 0 Å². The normalized spacial score (nSPS) is 7.20. The van der Waals surface area contributed by atoms with Gasteiger partial charge in [0.2, 0.25) is 0 Å².